The van der Waals surface area contributed by atoms with Gasteiger partial charge >= 0.3 is 0 Å². The Kier molecular flexibility index (Phi) is 3.47. The van der Waals surface area contributed by atoms with Gasteiger partial charge in [-0.2, -0.15) is 9.97 Å². The largest absolute Gasteiger partial charge is 0.383 e. The zero-order chi connectivity index (χ0) is 10.6. The smallest absolute Gasteiger partial charge is 0.223 e. The minimum atomic E-state index is 0.104. The van der Waals surface area contributed by atoms with Gasteiger partial charge in [-0.25, -0.2) is 0 Å². The molecule has 1 atom stereocenters. The summed E-state index contributed by atoms with van der Waals surface area (Å²) < 4.78 is 5.06. The van der Waals surface area contributed by atoms with Gasteiger partial charge in [0.2, 0.25) is 5.95 Å². The van der Waals surface area contributed by atoms with E-state index in [-0.39, 0.29) is 12.1 Å². The van der Waals surface area contributed by atoms with Crippen LogP contribution in [0.1, 0.15) is 6.92 Å². The molecule has 14 heavy (non-hydrogen) atoms. The number of rotatable bonds is 4. The Morgan fingerprint density at radius 1 is 1.50 bits per heavy atom. The summed E-state index contributed by atoms with van der Waals surface area (Å²) in [7, 11) is 1.65. The lowest BCUT2D eigenvalue weighted by Gasteiger charge is -2.11. The fraction of sp³-hybridized carbons (Fsp3) is 0.500. The molecule has 0 fully saturated rings. The van der Waals surface area contributed by atoms with E-state index in [1.807, 2.05) is 6.92 Å². The summed E-state index contributed by atoms with van der Waals surface area (Å²) in [6.07, 6.45) is 0.104. The molecule has 0 aliphatic rings. The molecular weight excluding hydrogens is 182 g/mol. The molecular formula is C8H15N5O. The highest BCUT2D eigenvalue weighted by molar-refractivity contribution is 5.48. The Labute approximate surface area is 82.7 Å². The van der Waals surface area contributed by atoms with Crippen LogP contribution in [0.4, 0.5) is 17.6 Å². The average molecular weight is 197 g/mol. The molecule has 5 N–H and O–H groups in total. The van der Waals surface area contributed by atoms with E-state index in [2.05, 4.69) is 15.3 Å². The van der Waals surface area contributed by atoms with Gasteiger partial charge in [0, 0.05) is 19.7 Å². The van der Waals surface area contributed by atoms with E-state index in [0.29, 0.717) is 18.2 Å². The van der Waals surface area contributed by atoms with E-state index < -0.39 is 0 Å². The van der Waals surface area contributed by atoms with Crippen LogP contribution in [0.5, 0.6) is 0 Å². The summed E-state index contributed by atoms with van der Waals surface area (Å²) >= 11 is 0. The van der Waals surface area contributed by atoms with Crippen LogP contribution in [0.2, 0.25) is 0 Å². The van der Waals surface area contributed by atoms with Gasteiger partial charge in [-0.3, -0.25) is 0 Å². The van der Waals surface area contributed by atoms with Crippen LogP contribution >= 0.6 is 0 Å². The van der Waals surface area contributed by atoms with Crippen LogP contribution in [0.25, 0.3) is 0 Å². The van der Waals surface area contributed by atoms with Gasteiger partial charge in [0.1, 0.15) is 11.6 Å². The number of nitrogens with one attached hydrogen (secondary N) is 1. The van der Waals surface area contributed by atoms with Gasteiger partial charge in [-0.1, -0.05) is 0 Å². The van der Waals surface area contributed by atoms with Crippen molar-refractivity contribution in [3.63, 3.8) is 0 Å². The summed E-state index contributed by atoms with van der Waals surface area (Å²) in [5.41, 5.74) is 10.9. The third-order valence-electron chi connectivity index (χ3n) is 1.74. The number of nitrogens with zero attached hydrogens (tertiary/aromatic N) is 2. The van der Waals surface area contributed by atoms with E-state index in [1.165, 1.54) is 0 Å². The molecule has 1 aromatic heterocycles. The maximum absolute atomic E-state index is 5.50. The second kappa shape index (κ2) is 4.61. The number of nitrogen functional groups attached to an aromatic ring is 2. The number of nitrogens with two attached hydrogens (primary N) is 2. The highest BCUT2D eigenvalue weighted by atomic mass is 16.5. The minimum Gasteiger partial charge on any atom is -0.383 e. The highest BCUT2D eigenvalue weighted by Crippen LogP contribution is 2.09. The maximum atomic E-state index is 5.50. The summed E-state index contributed by atoms with van der Waals surface area (Å²) in [6.45, 7) is 2.59. The second-order valence-corrected chi connectivity index (χ2v) is 2.96. The Hall–Kier alpha value is -1.56. The van der Waals surface area contributed by atoms with Gasteiger partial charge in [0.25, 0.3) is 0 Å². The minimum absolute atomic E-state index is 0.104. The Morgan fingerprint density at radius 2 is 2.21 bits per heavy atom. The molecule has 0 aromatic carbocycles. The van der Waals surface area contributed by atoms with E-state index in [4.69, 9.17) is 16.2 Å². The number of methoxy groups -OCH3 is 1. The van der Waals surface area contributed by atoms with Crippen molar-refractivity contribution >= 4 is 17.6 Å². The number of ether oxygens (including phenoxy) is 1. The van der Waals surface area contributed by atoms with E-state index in [1.54, 1.807) is 13.2 Å². The normalized spacial score (nSPS) is 12.4. The molecule has 0 saturated heterocycles. The molecule has 1 rings (SSSR count). The maximum Gasteiger partial charge on any atom is 0.223 e. The van der Waals surface area contributed by atoms with Crippen LogP contribution in [0, 0.1) is 0 Å². The Morgan fingerprint density at radius 3 is 2.79 bits per heavy atom. The first-order valence-electron chi connectivity index (χ1n) is 4.28. The predicted octanol–water partition coefficient (Wildman–Crippen LogP) is 0.0878. The number of aromatic nitrogens is 2. The third-order valence-corrected chi connectivity index (χ3v) is 1.74. The number of hydrogen-bond donors (Lipinski definition) is 3. The van der Waals surface area contributed by atoms with Crippen molar-refractivity contribution in [2.24, 2.45) is 0 Å². The van der Waals surface area contributed by atoms with Crippen LogP contribution in [0.3, 0.4) is 0 Å². The van der Waals surface area contributed by atoms with Crippen molar-refractivity contribution in [1.29, 1.82) is 0 Å². The zero-order valence-electron chi connectivity index (χ0n) is 8.32. The van der Waals surface area contributed by atoms with Crippen molar-refractivity contribution in [2.75, 3.05) is 30.4 Å². The summed E-state index contributed by atoms with van der Waals surface area (Å²) in [6, 6.07) is 1.62. The van der Waals surface area contributed by atoms with Gasteiger partial charge < -0.3 is 21.5 Å². The van der Waals surface area contributed by atoms with Crippen LogP contribution < -0.4 is 16.8 Å². The molecule has 0 bridgehead atoms. The topological polar surface area (TPSA) is 99.1 Å². The van der Waals surface area contributed by atoms with Crippen molar-refractivity contribution < 1.29 is 4.74 Å². The summed E-state index contributed by atoms with van der Waals surface area (Å²) in [5, 5.41) is 3.04. The molecule has 0 amide bonds. The van der Waals surface area contributed by atoms with Crippen molar-refractivity contribution in [3.8, 4) is 0 Å². The van der Waals surface area contributed by atoms with Gasteiger partial charge in [-0.05, 0) is 6.92 Å². The Balaban J connectivity index is 2.58. The number of anilines is 3. The first kappa shape index (κ1) is 10.5. The molecule has 0 aliphatic carbocycles. The summed E-state index contributed by atoms with van der Waals surface area (Å²) in [4.78, 5) is 7.71. The van der Waals surface area contributed by atoms with Gasteiger partial charge in [0.15, 0.2) is 0 Å². The first-order chi connectivity index (χ1) is 6.61. The van der Waals surface area contributed by atoms with Gasteiger partial charge in [-0.15, -0.1) is 0 Å². The molecule has 1 unspecified atom stereocenters. The Bertz CT molecular complexity index is 284. The van der Waals surface area contributed by atoms with Crippen LogP contribution in [-0.4, -0.2) is 29.7 Å². The van der Waals surface area contributed by atoms with Crippen molar-refractivity contribution in [2.45, 2.75) is 13.0 Å². The molecule has 1 aromatic rings. The zero-order valence-corrected chi connectivity index (χ0v) is 8.32. The van der Waals surface area contributed by atoms with E-state index in [9.17, 15) is 0 Å². The molecule has 6 heteroatoms. The fourth-order valence-electron chi connectivity index (χ4n) is 0.907. The SMILES string of the molecule is COC(C)CNc1cc(N)nc(N)n1. The van der Waals surface area contributed by atoms with E-state index >= 15 is 0 Å². The molecule has 0 aliphatic heterocycles. The summed E-state index contributed by atoms with van der Waals surface area (Å²) in [5.74, 6) is 1.13. The molecule has 6 nitrogen and oxygen atoms in total. The fourth-order valence-corrected chi connectivity index (χ4v) is 0.907. The quantitative estimate of drug-likeness (QED) is 0.632. The standard InChI is InChI=1S/C8H15N5O/c1-5(14-2)4-11-7-3-6(9)12-8(10)13-7/h3,5H,4H2,1-2H3,(H5,9,10,11,12,13). The molecule has 0 radical (unpaired) electrons. The van der Waals surface area contributed by atoms with Crippen molar-refractivity contribution in [1.82, 2.24) is 9.97 Å². The second-order valence-electron chi connectivity index (χ2n) is 2.96. The van der Waals surface area contributed by atoms with Crippen molar-refractivity contribution in [3.05, 3.63) is 6.07 Å². The lowest BCUT2D eigenvalue weighted by atomic mass is 10.4. The van der Waals surface area contributed by atoms with E-state index in [0.717, 1.165) is 0 Å². The number of hydrogen-bond acceptors (Lipinski definition) is 6. The third kappa shape index (κ3) is 3.06. The average Bonchev–Trinajstić information content (AvgIpc) is 2.12. The molecule has 0 spiro atoms. The van der Waals surface area contributed by atoms with Crippen LogP contribution in [0.15, 0.2) is 6.07 Å². The lowest BCUT2D eigenvalue weighted by Crippen LogP contribution is -2.19. The monoisotopic (exact) mass is 197 g/mol. The van der Waals surface area contributed by atoms with Crippen LogP contribution in [-0.2, 0) is 4.74 Å². The molecule has 0 saturated carbocycles. The van der Waals surface area contributed by atoms with Gasteiger partial charge in [0.05, 0.1) is 6.10 Å². The lowest BCUT2D eigenvalue weighted by molar-refractivity contribution is 0.128. The first-order valence-corrected chi connectivity index (χ1v) is 4.28. The molecule has 1 heterocycles. The predicted molar refractivity (Wildman–Crippen MR) is 55.8 cm³/mol. The highest BCUT2D eigenvalue weighted by Gasteiger charge is 2.02. The molecule has 78 valence electrons.